The number of anilines is 1. The lowest BCUT2D eigenvalue weighted by Crippen LogP contribution is -2.20. The van der Waals surface area contributed by atoms with Crippen LogP contribution in [0.4, 0.5) is 5.95 Å². The Bertz CT molecular complexity index is 886. The van der Waals surface area contributed by atoms with Gasteiger partial charge in [-0.25, -0.2) is 0 Å². The van der Waals surface area contributed by atoms with Crippen molar-refractivity contribution in [1.29, 1.82) is 0 Å². The Morgan fingerprint density at radius 3 is 2.54 bits per heavy atom. The zero-order chi connectivity index (χ0) is 16.5. The van der Waals surface area contributed by atoms with Gasteiger partial charge in [-0.15, -0.1) is 11.8 Å². The molecule has 4 rings (SSSR count). The molecule has 1 N–H and O–H groups in total. The van der Waals surface area contributed by atoms with E-state index >= 15 is 0 Å². The van der Waals surface area contributed by atoms with Crippen LogP contribution in [0.25, 0.3) is 5.70 Å². The zero-order valence-electron chi connectivity index (χ0n) is 12.8. The largest absolute Gasteiger partial charge is 0.323 e. The molecule has 1 aliphatic heterocycles. The minimum atomic E-state index is -0.0576. The first-order valence-corrected chi connectivity index (χ1v) is 9.01. The first-order valence-electron chi connectivity index (χ1n) is 7.41. The average molecular weight is 356 g/mol. The number of halogens is 1. The van der Waals surface area contributed by atoms with Gasteiger partial charge in [-0.1, -0.05) is 41.0 Å². The maximum atomic E-state index is 5.99. The van der Waals surface area contributed by atoms with Crippen LogP contribution in [0.5, 0.6) is 0 Å². The van der Waals surface area contributed by atoms with Gasteiger partial charge in [0, 0.05) is 15.6 Å². The minimum absolute atomic E-state index is 0.0576. The summed E-state index contributed by atoms with van der Waals surface area (Å²) in [5, 5.41) is 16.0. The van der Waals surface area contributed by atoms with E-state index in [2.05, 4.69) is 57.4 Å². The molecule has 0 bridgehead atoms. The number of nitrogens with zero attached hydrogens (tertiary/aromatic N) is 4. The summed E-state index contributed by atoms with van der Waals surface area (Å²) in [6, 6.07) is 16.1. The van der Waals surface area contributed by atoms with Crippen LogP contribution in [-0.4, -0.2) is 26.5 Å². The fourth-order valence-electron chi connectivity index (χ4n) is 2.69. The Morgan fingerprint density at radius 1 is 1.08 bits per heavy atom. The molecule has 1 aliphatic rings. The summed E-state index contributed by atoms with van der Waals surface area (Å²) in [5.41, 5.74) is 3.14. The van der Waals surface area contributed by atoms with Crippen molar-refractivity contribution in [3.63, 3.8) is 0 Å². The van der Waals surface area contributed by atoms with E-state index in [1.54, 1.807) is 16.4 Å². The fraction of sp³-hybridized carbons (Fsp3) is 0.118. The Morgan fingerprint density at radius 2 is 1.83 bits per heavy atom. The highest BCUT2D eigenvalue weighted by Gasteiger charge is 2.24. The molecule has 0 aliphatic carbocycles. The second-order valence-electron chi connectivity index (χ2n) is 5.38. The number of aromatic nitrogens is 4. The summed E-state index contributed by atoms with van der Waals surface area (Å²) in [7, 11) is 0. The standard InChI is InChI=1S/C17H14ClN5S/c1-24-14-8-4-12(5-9-14)16-10-15(11-2-6-13(18)7-3-11)19-17-20-21-22-23(16)17/h2-10,16H,1H3,(H,19,20,22). The number of nitrogens with one attached hydrogen (secondary N) is 1. The fourth-order valence-corrected chi connectivity index (χ4v) is 3.22. The highest BCUT2D eigenvalue weighted by Crippen LogP contribution is 2.32. The van der Waals surface area contributed by atoms with Gasteiger partial charge in [0.15, 0.2) is 0 Å². The van der Waals surface area contributed by atoms with Crippen LogP contribution in [0.15, 0.2) is 59.5 Å². The Balaban J connectivity index is 1.77. The quantitative estimate of drug-likeness (QED) is 0.717. The van der Waals surface area contributed by atoms with E-state index in [-0.39, 0.29) is 6.04 Å². The molecular weight excluding hydrogens is 342 g/mol. The highest BCUT2D eigenvalue weighted by atomic mass is 35.5. The van der Waals surface area contributed by atoms with E-state index in [9.17, 15) is 0 Å². The van der Waals surface area contributed by atoms with E-state index < -0.39 is 0 Å². The van der Waals surface area contributed by atoms with Gasteiger partial charge < -0.3 is 5.32 Å². The molecule has 1 unspecified atom stereocenters. The lowest BCUT2D eigenvalue weighted by Gasteiger charge is -2.23. The molecule has 2 heterocycles. The zero-order valence-corrected chi connectivity index (χ0v) is 14.4. The molecule has 0 radical (unpaired) electrons. The van der Waals surface area contributed by atoms with Crippen molar-refractivity contribution >= 4 is 35.0 Å². The second kappa shape index (κ2) is 6.30. The van der Waals surface area contributed by atoms with Crippen molar-refractivity contribution in [1.82, 2.24) is 20.2 Å². The van der Waals surface area contributed by atoms with Crippen LogP contribution >= 0.6 is 23.4 Å². The molecule has 1 aromatic heterocycles. The molecule has 0 spiro atoms. The molecule has 0 saturated carbocycles. The third kappa shape index (κ3) is 2.79. The lowest BCUT2D eigenvalue weighted by atomic mass is 10.0. The maximum absolute atomic E-state index is 5.99. The Kier molecular flexibility index (Phi) is 4.00. The van der Waals surface area contributed by atoms with Crippen LogP contribution < -0.4 is 5.32 Å². The Hall–Kier alpha value is -2.31. The average Bonchev–Trinajstić information content (AvgIpc) is 3.10. The van der Waals surface area contributed by atoms with E-state index in [0.29, 0.717) is 11.0 Å². The van der Waals surface area contributed by atoms with Gasteiger partial charge in [-0.05, 0) is 58.2 Å². The maximum Gasteiger partial charge on any atom is 0.248 e. The van der Waals surface area contributed by atoms with Gasteiger partial charge in [-0.2, -0.15) is 4.68 Å². The van der Waals surface area contributed by atoms with Crippen LogP contribution in [0.3, 0.4) is 0 Å². The number of thioether (sulfide) groups is 1. The molecule has 120 valence electrons. The summed E-state index contributed by atoms with van der Waals surface area (Å²) >= 11 is 7.71. The van der Waals surface area contributed by atoms with Crippen LogP contribution in [0.2, 0.25) is 5.02 Å². The molecule has 0 saturated heterocycles. The number of hydrogen-bond acceptors (Lipinski definition) is 5. The predicted molar refractivity (Wildman–Crippen MR) is 97.2 cm³/mol. The number of tetrazole rings is 1. The monoisotopic (exact) mass is 355 g/mol. The van der Waals surface area contributed by atoms with Crippen LogP contribution in [-0.2, 0) is 0 Å². The van der Waals surface area contributed by atoms with Crippen LogP contribution in [0, 0.1) is 0 Å². The third-order valence-electron chi connectivity index (χ3n) is 3.94. The van der Waals surface area contributed by atoms with Gasteiger partial charge in [-0.3, -0.25) is 0 Å². The van der Waals surface area contributed by atoms with Crippen molar-refractivity contribution in [3.8, 4) is 0 Å². The third-order valence-corrected chi connectivity index (χ3v) is 4.94. The van der Waals surface area contributed by atoms with Crippen LogP contribution in [0.1, 0.15) is 17.2 Å². The van der Waals surface area contributed by atoms with Gasteiger partial charge in [0.05, 0.1) is 0 Å². The molecule has 24 heavy (non-hydrogen) atoms. The van der Waals surface area contributed by atoms with E-state index in [4.69, 9.17) is 11.6 Å². The molecular formula is C17H14ClN5S. The first kappa shape index (κ1) is 15.2. The van der Waals surface area contributed by atoms with Gasteiger partial charge in [0.1, 0.15) is 6.04 Å². The summed E-state index contributed by atoms with van der Waals surface area (Å²) in [6.07, 6.45) is 4.19. The van der Waals surface area contributed by atoms with Crippen molar-refractivity contribution in [3.05, 3.63) is 70.8 Å². The number of benzene rings is 2. The molecule has 3 aromatic rings. The summed E-state index contributed by atoms with van der Waals surface area (Å²) in [4.78, 5) is 1.23. The van der Waals surface area contributed by atoms with Crippen molar-refractivity contribution < 1.29 is 0 Å². The highest BCUT2D eigenvalue weighted by molar-refractivity contribution is 7.98. The minimum Gasteiger partial charge on any atom is -0.323 e. The predicted octanol–water partition coefficient (Wildman–Crippen LogP) is 4.10. The molecule has 2 aromatic carbocycles. The normalized spacial score (nSPS) is 16.2. The van der Waals surface area contributed by atoms with Gasteiger partial charge >= 0.3 is 0 Å². The number of fused-ring (bicyclic) bond motifs is 1. The van der Waals surface area contributed by atoms with E-state index in [1.807, 2.05) is 24.3 Å². The molecule has 1 atom stereocenters. The van der Waals surface area contributed by atoms with E-state index in [0.717, 1.165) is 16.8 Å². The molecule has 5 nitrogen and oxygen atoms in total. The van der Waals surface area contributed by atoms with Crippen molar-refractivity contribution in [2.45, 2.75) is 10.9 Å². The van der Waals surface area contributed by atoms with Crippen molar-refractivity contribution in [2.75, 3.05) is 11.6 Å². The van der Waals surface area contributed by atoms with Gasteiger partial charge in [0.2, 0.25) is 5.95 Å². The SMILES string of the molecule is CSc1ccc(C2C=C(c3ccc(Cl)cc3)Nc3nnnn32)cc1. The smallest absolute Gasteiger partial charge is 0.248 e. The summed E-state index contributed by atoms with van der Waals surface area (Å²) < 4.78 is 1.79. The number of hydrogen-bond donors (Lipinski definition) is 1. The first-order chi connectivity index (χ1) is 11.7. The molecule has 0 amide bonds. The number of allylic oxidation sites excluding steroid dienone is 1. The summed E-state index contributed by atoms with van der Waals surface area (Å²) in [5.74, 6) is 0.626. The van der Waals surface area contributed by atoms with Gasteiger partial charge in [0.25, 0.3) is 0 Å². The summed E-state index contributed by atoms with van der Waals surface area (Å²) in [6.45, 7) is 0. The van der Waals surface area contributed by atoms with Crippen molar-refractivity contribution in [2.24, 2.45) is 0 Å². The van der Waals surface area contributed by atoms with E-state index in [1.165, 1.54) is 4.90 Å². The Labute approximate surface area is 148 Å². The second-order valence-corrected chi connectivity index (χ2v) is 6.69. The number of rotatable bonds is 3. The molecule has 7 heteroatoms. The lowest BCUT2D eigenvalue weighted by molar-refractivity contribution is 0.585. The topological polar surface area (TPSA) is 55.6 Å². The molecule has 0 fully saturated rings.